The van der Waals surface area contributed by atoms with E-state index in [2.05, 4.69) is 6.92 Å². The minimum absolute atomic E-state index is 0.0231. The van der Waals surface area contributed by atoms with E-state index in [-0.39, 0.29) is 11.9 Å². The molecule has 0 saturated carbocycles. The van der Waals surface area contributed by atoms with Crippen molar-refractivity contribution in [1.82, 2.24) is 0 Å². The molecule has 0 amide bonds. The Morgan fingerprint density at radius 1 is 1.00 bits per heavy atom. The molecule has 1 aromatic carbocycles. The van der Waals surface area contributed by atoms with Gasteiger partial charge in [-0.05, 0) is 36.6 Å². The highest BCUT2D eigenvalue weighted by atomic mass is 19.1. The zero-order valence-corrected chi connectivity index (χ0v) is 12.4. The summed E-state index contributed by atoms with van der Waals surface area (Å²) < 4.78 is 13.3. The van der Waals surface area contributed by atoms with Gasteiger partial charge in [-0.15, -0.1) is 0 Å². The zero-order chi connectivity index (χ0) is 14.1. The third-order valence-electron chi connectivity index (χ3n) is 3.61. The summed E-state index contributed by atoms with van der Waals surface area (Å²) in [6.45, 7) is 4.15. The van der Waals surface area contributed by atoms with Crippen LogP contribution in [-0.4, -0.2) is 0 Å². The maximum Gasteiger partial charge on any atom is 0.123 e. The van der Waals surface area contributed by atoms with Gasteiger partial charge in [0.1, 0.15) is 5.82 Å². The molecule has 0 aliphatic carbocycles. The molecule has 1 aromatic rings. The highest BCUT2D eigenvalue weighted by Gasteiger charge is 2.07. The van der Waals surface area contributed by atoms with Crippen LogP contribution in [0.5, 0.6) is 0 Å². The molecule has 1 nitrogen and oxygen atoms in total. The Morgan fingerprint density at radius 2 is 1.63 bits per heavy atom. The third-order valence-corrected chi connectivity index (χ3v) is 3.61. The lowest BCUT2D eigenvalue weighted by atomic mass is 9.99. The van der Waals surface area contributed by atoms with Gasteiger partial charge < -0.3 is 5.73 Å². The van der Waals surface area contributed by atoms with E-state index >= 15 is 0 Å². The van der Waals surface area contributed by atoms with Crippen LogP contribution in [0.3, 0.4) is 0 Å². The maximum atomic E-state index is 13.3. The highest BCUT2D eigenvalue weighted by Crippen LogP contribution is 2.20. The van der Waals surface area contributed by atoms with Gasteiger partial charge in [-0.1, -0.05) is 57.9 Å². The van der Waals surface area contributed by atoms with Gasteiger partial charge >= 0.3 is 0 Å². The minimum Gasteiger partial charge on any atom is -0.324 e. The van der Waals surface area contributed by atoms with Crippen LogP contribution in [0.2, 0.25) is 0 Å². The van der Waals surface area contributed by atoms with Crippen molar-refractivity contribution in [3.8, 4) is 0 Å². The molecule has 0 heterocycles. The number of benzene rings is 1. The Hall–Kier alpha value is -0.890. The molecule has 2 heteroatoms. The van der Waals surface area contributed by atoms with Crippen molar-refractivity contribution in [2.45, 2.75) is 71.3 Å². The van der Waals surface area contributed by atoms with E-state index in [1.165, 1.54) is 38.5 Å². The van der Waals surface area contributed by atoms with Crippen LogP contribution in [0.25, 0.3) is 0 Å². The number of aryl methyl sites for hydroxylation is 1. The summed E-state index contributed by atoms with van der Waals surface area (Å²) in [5, 5.41) is 0. The molecule has 0 bridgehead atoms. The molecule has 0 aliphatic heterocycles. The second-order valence-electron chi connectivity index (χ2n) is 5.58. The van der Waals surface area contributed by atoms with Crippen LogP contribution in [0.15, 0.2) is 18.2 Å². The quantitative estimate of drug-likeness (QED) is 0.604. The van der Waals surface area contributed by atoms with Crippen LogP contribution in [0, 0.1) is 12.7 Å². The molecule has 0 fully saturated rings. The zero-order valence-electron chi connectivity index (χ0n) is 12.4. The highest BCUT2D eigenvalue weighted by molar-refractivity contribution is 5.25. The minimum atomic E-state index is -0.176. The molecule has 1 rings (SSSR count). The lowest BCUT2D eigenvalue weighted by Gasteiger charge is -2.13. The Bertz CT molecular complexity index is 342. The van der Waals surface area contributed by atoms with E-state index in [1.807, 2.05) is 13.0 Å². The van der Waals surface area contributed by atoms with Crippen molar-refractivity contribution in [3.05, 3.63) is 35.1 Å². The van der Waals surface area contributed by atoms with Gasteiger partial charge in [0.25, 0.3) is 0 Å². The summed E-state index contributed by atoms with van der Waals surface area (Å²) in [5.74, 6) is -0.176. The summed E-state index contributed by atoms with van der Waals surface area (Å²) in [6, 6.07) is 5.09. The van der Waals surface area contributed by atoms with Crippen molar-refractivity contribution in [2.75, 3.05) is 0 Å². The van der Waals surface area contributed by atoms with Crippen LogP contribution < -0.4 is 5.73 Å². The Morgan fingerprint density at radius 3 is 2.26 bits per heavy atom. The second-order valence-corrected chi connectivity index (χ2v) is 5.58. The van der Waals surface area contributed by atoms with Crippen LogP contribution in [0.1, 0.15) is 75.5 Å². The number of unbranched alkanes of at least 4 members (excludes halogenated alkanes) is 6. The standard InChI is InChI=1S/C17H28FN/c1-3-4-5-6-7-8-9-10-17(19)15-11-14(2)12-16(18)13-15/h11-13,17H,3-10,19H2,1-2H3. The van der Waals surface area contributed by atoms with Crippen molar-refractivity contribution in [3.63, 3.8) is 0 Å². The topological polar surface area (TPSA) is 26.0 Å². The van der Waals surface area contributed by atoms with Crippen LogP contribution in [0.4, 0.5) is 4.39 Å². The van der Waals surface area contributed by atoms with E-state index in [9.17, 15) is 4.39 Å². The lowest BCUT2D eigenvalue weighted by Crippen LogP contribution is -2.10. The molecule has 0 saturated heterocycles. The van der Waals surface area contributed by atoms with E-state index in [4.69, 9.17) is 5.73 Å². The summed E-state index contributed by atoms with van der Waals surface area (Å²) >= 11 is 0. The Labute approximate surface area is 117 Å². The molecule has 108 valence electrons. The second kappa shape index (κ2) is 9.08. The Kier molecular flexibility index (Phi) is 7.73. The van der Waals surface area contributed by atoms with Crippen molar-refractivity contribution in [2.24, 2.45) is 5.73 Å². The average Bonchev–Trinajstić information content (AvgIpc) is 2.36. The molecular formula is C17H28FN. The molecule has 0 aliphatic rings. The van der Waals surface area contributed by atoms with E-state index in [0.29, 0.717) is 0 Å². The SMILES string of the molecule is CCCCCCCCCC(N)c1cc(C)cc(F)c1. The molecule has 0 aromatic heterocycles. The van der Waals surface area contributed by atoms with Gasteiger partial charge in [-0.2, -0.15) is 0 Å². The number of rotatable bonds is 9. The fraction of sp³-hybridized carbons (Fsp3) is 0.647. The molecule has 1 atom stereocenters. The fourth-order valence-electron chi connectivity index (χ4n) is 2.47. The predicted molar refractivity (Wildman–Crippen MR) is 80.7 cm³/mol. The van der Waals surface area contributed by atoms with Gasteiger partial charge in [0.2, 0.25) is 0 Å². The van der Waals surface area contributed by atoms with Crippen LogP contribution in [-0.2, 0) is 0 Å². The normalized spacial score (nSPS) is 12.6. The smallest absolute Gasteiger partial charge is 0.123 e. The van der Waals surface area contributed by atoms with Gasteiger partial charge in [0, 0.05) is 6.04 Å². The van der Waals surface area contributed by atoms with E-state index < -0.39 is 0 Å². The van der Waals surface area contributed by atoms with Gasteiger partial charge in [-0.25, -0.2) is 4.39 Å². The predicted octanol–water partition coefficient (Wildman–Crippen LogP) is 5.27. The number of halogens is 1. The third kappa shape index (κ3) is 6.72. The molecule has 1 unspecified atom stereocenters. The van der Waals surface area contributed by atoms with Gasteiger partial charge in [0.05, 0.1) is 0 Å². The average molecular weight is 265 g/mol. The monoisotopic (exact) mass is 265 g/mol. The summed E-state index contributed by atoms with van der Waals surface area (Å²) in [4.78, 5) is 0. The molecule has 19 heavy (non-hydrogen) atoms. The first-order valence-electron chi connectivity index (χ1n) is 7.66. The molecule has 0 spiro atoms. The lowest BCUT2D eigenvalue weighted by molar-refractivity contribution is 0.538. The first-order chi connectivity index (χ1) is 9.13. The summed E-state index contributed by atoms with van der Waals surface area (Å²) in [7, 11) is 0. The van der Waals surface area contributed by atoms with Crippen molar-refractivity contribution in [1.29, 1.82) is 0 Å². The number of hydrogen-bond acceptors (Lipinski definition) is 1. The largest absolute Gasteiger partial charge is 0.324 e. The van der Waals surface area contributed by atoms with Crippen molar-refractivity contribution < 1.29 is 4.39 Å². The summed E-state index contributed by atoms with van der Waals surface area (Å²) in [6.07, 6.45) is 9.97. The molecule has 0 radical (unpaired) electrons. The van der Waals surface area contributed by atoms with Crippen molar-refractivity contribution >= 4 is 0 Å². The first-order valence-corrected chi connectivity index (χ1v) is 7.66. The van der Waals surface area contributed by atoms with Gasteiger partial charge in [0.15, 0.2) is 0 Å². The van der Waals surface area contributed by atoms with Gasteiger partial charge in [-0.3, -0.25) is 0 Å². The number of nitrogens with two attached hydrogens (primary N) is 1. The first kappa shape index (κ1) is 16.2. The Balaban J connectivity index is 2.22. The molecule has 2 N–H and O–H groups in total. The van der Waals surface area contributed by atoms with E-state index in [1.54, 1.807) is 12.1 Å². The van der Waals surface area contributed by atoms with E-state index in [0.717, 1.165) is 24.0 Å². The van der Waals surface area contributed by atoms with Crippen LogP contribution >= 0.6 is 0 Å². The summed E-state index contributed by atoms with van der Waals surface area (Å²) in [5.41, 5.74) is 8.01. The maximum absolute atomic E-state index is 13.3. The fourth-order valence-corrected chi connectivity index (χ4v) is 2.47. The molecular weight excluding hydrogens is 237 g/mol. The number of hydrogen-bond donors (Lipinski definition) is 1.